The van der Waals surface area contributed by atoms with Gasteiger partial charge in [0.25, 0.3) is 0 Å². The highest BCUT2D eigenvalue weighted by Gasteiger charge is 2.25. The van der Waals surface area contributed by atoms with Crippen LogP contribution in [0, 0.1) is 0 Å². The fourth-order valence-electron chi connectivity index (χ4n) is 8.50. The lowest BCUT2D eigenvalue weighted by Gasteiger charge is -2.27. The molecule has 2 aliphatic heterocycles. The van der Waals surface area contributed by atoms with Crippen LogP contribution in [-0.4, -0.2) is 70.0 Å². The third-order valence-corrected chi connectivity index (χ3v) is 13.5. The number of carbonyl (C=O) groups is 2. The maximum Gasteiger partial charge on any atom is 0.411 e. The zero-order chi connectivity index (χ0) is 58.1. The molecule has 3 N–H and O–H groups in total. The van der Waals surface area contributed by atoms with E-state index in [4.69, 9.17) is 38.1 Å². The number of rotatable bonds is 7. The molecule has 1 aromatic heterocycles. The van der Waals surface area contributed by atoms with Gasteiger partial charge in [0.05, 0.1) is 90.7 Å². The molecule has 7 rings (SSSR count). The SMILES string of the molecule is C=C/C1=C\C=C(/C)COCCOCCOCCOCc2c(NC(=O)Nc3ccc(COC(=O)Nc4cc(C(C)(C)C)cc(C(C)(C)C)c4)cc3)cc(cc2-c2cc(C(C)(C)C)cc(C(C)(C)C)c2)COCc2cccc(n2)COC1. The Hall–Kier alpha value is -6.45. The first kappa shape index (κ1) is 62.7. The van der Waals surface area contributed by atoms with E-state index in [1.54, 1.807) is 18.2 Å². The van der Waals surface area contributed by atoms with Crippen LogP contribution in [0.4, 0.5) is 26.7 Å². The van der Waals surface area contributed by atoms with Crippen molar-refractivity contribution in [2.75, 3.05) is 68.8 Å². The topological polar surface area (TPSA) is 148 Å². The maximum atomic E-state index is 14.2. The van der Waals surface area contributed by atoms with Gasteiger partial charge in [0.1, 0.15) is 6.61 Å². The molecule has 13 nitrogen and oxygen atoms in total. The molecule has 2 aliphatic rings. The van der Waals surface area contributed by atoms with Crippen LogP contribution in [0.1, 0.15) is 140 Å². The van der Waals surface area contributed by atoms with E-state index in [1.807, 2.05) is 67.6 Å². The smallest absolute Gasteiger partial charge is 0.411 e. The molecule has 13 heteroatoms. The van der Waals surface area contributed by atoms with Gasteiger partial charge >= 0.3 is 12.1 Å². The van der Waals surface area contributed by atoms with Crippen LogP contribution in [0.3, 0.4) is 0 Å². The summed E-state index contributed by atoms with van der Waals surface area (Å²) in [6.45, 7) is 36.4. The first-order valence-corrected chi connectivity index (χ1v) is 27.8. The van der Waals surface area contributed by atoms with E-state index >= 15 is 0 Å². The molecule has 3 heterocycles. The molecule has 0 fully saturated rings. The number of anilines is 3. The minimum absolute atomic E-state index is 0.0361. The van der Waals surface area contributed by atoms with Gasteiger partial charge in [-0.05, 0) is 133 Å². The van der Waals surface area contributed by atoms with Crippen LogP contribution in [-0.2, 0) is 87.9 Å². The molecule has 4 aromatic carbocycles. The Bertz CT molecular complexity index is 2870. The quantitative estimate of drug-likeness (QED) is 0.135. The van der Waals surface area contributed by atoms with Gasteiger partial charge < -0.3 is 43.8 Å². The fourth-order valence-corrected chi connectivity index (χ4v) is 8.50. The van der Waals surface area contributed by atoms with Gasteiger partial charge in [0, 0.05) is 22.6 Å². The minimum Gasteiger partial charge on any atom is -0.444 e. The highest BCUT2D eigenvalue weighted by atomic mass is 16.6. The number of carbonyl (C=O) groups excluding carboxylic acids is 2. The molecule has 0 saturated carbocycles. The van der Waals surface area contributed by atoms with Crippen molar-refractivity contribution in [2.45, 2.75) is 145 Å². The molecule has 80 heavy (non-hydrogen) atoms. The van der Waals surface area contributed by atoms with E-state index in [-0.39, 0.29) is 48.1 Å². The van der Waals surface area contributed by atoms with Crippen molar-refractivity contribution >= 4 is 29.2 Å². The third-order valence-electron chi connectivity index (χ3n) is 13.5. The van der Waals surface area contributed by atoms with Gasteiger partial charge in [-0.1, -0.05) is 150 Å². The Balaban J connectivity index is 1.26. The molecular weight excluding hydrogens is 1000 g/mol. The number of amides is 3. The number of aromatic nitrogens is 1. The molecule has 0 unspecified atom stereocenters. The average Bonchev–Trinajstić information content (AvgIpc) is 3.38. The number of urea groups is 1. The summed E-state index contributed by atoms with van der Waals surface area (Å²) in [5.74, 6) is 0. The maximum absolute atomic E-state index is 14.2. The highest BCUT2D eigenvalue weighted by Crippen LogP contribution is 2.39. The summed E-state index contributed by atoms with van der Waals surface area (Å²) in [4.78, 5) is 32.2. The predicted molar refractivity (Wildman–Crippen MR) is 323 cm³/mol. The monoisotopic (exact) mass is 1090 g/mol. The summed E-state index contributed by atoms with van der Waals surface area (Å²) in [7, 11) is 0. The number of hydrogen-bond acceptors (Lipinski definition) is 10. The van der Waals surface area contributed by atoms with Crippen molar-refractivity contribution in [3.8, 4) is 11.1 Å². The number of pyridine rings is 1. The number of nitrogens with one attached hydrogen (secondary N) is 3. The first-order chi connectivity index (χ1) is 37.8. The number of benzene rings is 4. The van der Waals surface area contributed by atoms with E-state index < -0.39 is 12.1 Å². The molecule has 0 radical (unpaired) electrons. The molecular formula is C67H88N4O9. The van der Waals surface area contributed by atoms with Gasteiger partial charge in [-0.2, -0.15) is 0 Å². The predicted octanol–water partition coefficient (Wildman–Crippen LogP) is 15.2. The van der Waals surface area contributed by atoms with Gasteiger partial charge in [-0.25, -0.2) is 9.59 Å². The second-order valence-corrected chi connectivity index (χ2v) is 24.6. The van der Waals surface area contributed by atoms with Crippen LogP contribution in [0.15, 0.2) is 127 Å². The minimum atomic E-state index is -0.555. The van der Waals surface area contributed by atoms with Crippen LogP contribution in [0.2, 0.25) is 0 Å². The molecule has 0 atom stereocenters. The van der Waals surface area contributed by atoms with Crippen LogP contribution in [0.5, 0.6) is 0 Å². The number of ether oxygens (including phenoxy) is 7. The summed E-state index contributed by atoms with van der Waals surface area (Å²) in [5.41, 5.74) is 13.7. The molecule has 3 amide bonds. The number of nitrogens with zero attached hydrogens (tertiary/aromatic N) is 1. The average molecular weight is 1090 g/mol. The lowest BCUT2D eigenvalue weighted by molar-refractivity contribution is -0.00200. The van der Waals surface area contributed by atoms with Crippen molar-refractivity contribution in [1.29, 1.82) is 0 Å². The largest absolute Gasteiger partial charge is 0.444 e. The Labute approximate surface area is 476 Å². The Morgan fingerprint density at radius 2 is 1.07 bits per heavy atom. The van der Waals surface area contributed by atoms with Crippen molar-refractivity contribution in [3.63, 3.8) is 0 Å². The van der Waals surface area contributed by atoms with Crippen LogP contribution < -0.4 is 16.0 Å². The van der Waals surface area contributed by atoms with Crippen LogP contribution in [0.25, 0.3) is 11.1 Å². The summed E-state index contributed by atoms with van der Waals surface area (Å²) in [5, 5.41) is 9.14. The Morgan fingerprint density at radius 3 is 1.62 bits per heavy atom. The Morgan fingerprint density at radius 1 is 0.550 bits per heavy atom. The van der Waals surface area contributed by atoms with Crippen molar-refractivity contribution in [2.24, 2.45) is 0 Å². The molecule has 0 saturated heterocycles. The van der Waals surface area contributed by atoms with Gasteiger partial charge in [-0.3, -0.25) is 10.3 Å². The normalized spacial score (nSPS) is 16.8. The lowest BCUT2D eigenvalue weighted by atomic mass is 9.78. The fraction of sp³-hybridized carbons (Fsp3) is 0.448. The van der Waals surface area contributed by atoms with Crippen molar-refractivity contribution in [3.05, 3.63) is 177 Å². The summed E-state index contributed by atoms with van der Waals surface area (Å²) in [6, 6.07) is 29.7. The van der Waals surface area contributed by atoms with Crippen molar-refractivity contribution in [1.82, 2.24) is 4.98 Å². The first-order valence-electron chi connectivity index (χ1n) is 27.8. The second-order valence-electron chi connectivity index (χ2n) is 24.6. The number of fused-ring (bicyclic) bond motifs is 20. The van der Waals surface area contributed by atoms with Crippen molar-refractivity contribution < 1.29 is 42.7 Å². The van der Waals surface area contributed by atoms with Gasteiger partial charge in [-0.15, -0.1) is 0 Å². The zero-order valence-electron chi connectivity index (χ0n) is 49.9. The third kappa shape index (κ3) is 20.3. The summed E-state index contributed by atoms with van der Waals surface area (Å²) >= 11 is 0. The summed E-state index contributed by atoms with van der Waals surface area (Å²) < 4.78 is 42.1. The number of allylic oxidation sites excluding steroid dienone is 2. The molecule has 0 spiro atoms. The van der Waals surface area contributed by atoms with E-state index in [0.29, 0.717) is 76.5 Å². The molecule has 5 aromatic rings. The Kier molecular flexibility index (Phi) is 22.6. The zero-order valence-corrected chi connectivity index (χ0v) is 49.9. The van der Waals surface area contributed by atoms with Gasteiger partial charge in [0.15, 0.2) is 0 Å². The molecule has 0 aliphatic carbocycles. The number of hydrogen-bond donors (Lipinski definition) is 3. The molecule has 430 valence electrons. The van der Waals surface area contributed by atoms with E-state index in [0.717, 1.165) is 61.5 Å². The second kappa shape index (κ2) is 28.8. The van der Waals surface area contributed by atoms with E-state index in [2.05, 4.69) is 136 Å². The summed E-state index contributed by atoms with van der Waals surface area (Å²) in [6.07, 6.45) is 5.24. The lowest BCUT2D eigenvalue weighted by Crippen LogP contribution is -2.21. The van der Waals surface area contributed by atoms with E-state index in [9.17, 15) is 9.59 Å². The molecule has 4 bridgehead atoms. The highest BCUT2D eigenvalue weighted by molar-refractivity contribution is 6.01. The van der Waals surface area contributed by atoms with E-state index in [1.165, 1.54) is 11.1 Å². The standard InChI is InChI=1S/C67H88N4O9/c1-15-47-20-19-46(2)39-76-29-27-74-25-26-75-28-30-77-45-60-59(50-33-51(64(3,4)5)35-52(34-50)65(6,7)8)31-49(41-79-44-57-18-16-17-56(68-57)43-78-40-47)32-61(60)71-62(72)69-55-23-21-48(22-24-55)42-80-63(73)70-58-37-53(66(9,10)11)36-54(38-58)67(12,13)14/h15-24,31-38H,1,25-30,39-45H2,2-14H3,(H,70,73)(H2,69,71,72)/b46-19+,47-20+. The van der Waals surface area contributed by atoms with Crippen LogP contribution >= 0.6 is 0 Å². The van der Waals surface area contributed by atoms with Gasteiger partial charge in [0.2, 0.25) is 0 Å².